The molecule has 0 fully saturated rings. The first-order valence-electron chi connectivity index (χ1n) is 12.8. The number of fused-ring (bicyclic) bond motifs is 8. The SMILES string of the molecule is CC(C)(C)c1ccnc(-c2[c-]c(Oc3[c-]c4c(cc3)c3ccccc3n3c5ccccc5nc43)ccc2)c1.[Pd+2]. The number of aromatic nitrogens is 3. The molecule has 0 unspecified atom stereocenters. The molecule has 0 aliphatic rings. The van der Waals surface area contributed by atoms with Crippen LogP contribution in [-0.4, -0.2) is 14.4 Å². The number of imidazole rings is 1. The third-order valence-electron chi connectivity index (χ3n) is 7.03. The standard InChI is InChI=1S/C34H25N3O.Pd/c1-34(2,3)23-17-18-35-30(20-23)22-9-8-10-24(19-22)38-25-15-16-26-27-11-4-6-13-31(27)37-32-14-7-5-12-29(32)36-33(37)28(26)21-25;/h4-18,20H,1-3H3;/q-2;+2. The number of rotatable bonds is 3. The number of ether oxygens (including phenoxy) is 1. The minimum atomic E-state index is 0. The van der Waals surface area contributed by atoms with Crippen LogP contribution >= 0.6 is 0 Å². The molecule has 192 valence electrons. The van der Waals surface area contributed by atoms with Crippen LogP contribution in [0.5, 0.6) is 11.5 Å². The zero-order chi connectivity index (χ0) is 25.9. The number of pyridine rings is 2. The van der Waals surface area contributed by atoms with Gasteiger partial charge in [0.2, 0.25) is 0 Å². The first kappa shape index (κ1) is 25.3. The molecule has 7 rings (SSSR count). The summed E-state index contributed by atoms with van der Waals surface area (Å²) in [5, 5.41) is 3.17. The van der Waals surface area contributed by atoms with E-state index in [0.717, 1.165) is 49.6 Å². The first-order valence-corrected chi connectivity index (χ1v) is 12.8. The molecule has 0 radical (unpaired) electrons. The van der Waals surface area contributed by atoms with Gasteiger partial charge in [-0.1, -0.05) is 86.1 Å². The minimum absolute atomic E-state index is 0. The van der Waals surface area contributed by atoms with Crippen molar-refractivity contribution in [3.63, 3.8) is 0 Å². The summed E-state index contributed by atoms with van der Waals surface area (Å²) in [5.74, 6) is 1.23. The third-order valence-corrected chi connectivity index (χ3v) is 7.03. The van der Waals surface area contributed by atoms with E-state index in [-0.39, 0.29) is 25.8 Å². The van der Waals surface area contributed by atoms with E-state index in [2.05, 4.69) is 90.8 Å². The molecule has 0 bridgehead atoms. The Morgan fingerprint density at radius 2 is 1.51 bits per heavy atom. The van der Waals surface area contributed by atoms with Crippen molar-refractivity contribution in [1.29, 1.82) is 0 Å². The molecule has 39 heavy (non-hydrogen) atoms. The van der Waals surface area contributed by atoms with Crippen molar-refractivity contribution in [2.75, 3.05) is 0 Å². The normalized spacial score (nSPS) is 11.8. The average Bonchev–Trinajstić information content (AvgIpc) is 3.33. The molecule has 5 heteroatoms. The summed E-state index contributed by atoms with van der Waals surface area (Å²) in [5.41, 5.74) is 7.06. The van der Waals surface area contributed by atoms with Crippen LogP contribution in [0, 0.1) is 12.1 Å². The van der Waals surface area contributed by atoms with Crippen LogP contribution in [0.1, 0.15) is 26.3 Å². The monoisotopic (exact) mass is 597 g/mol. The molecule has 0 aliphatic heterocycles. The van der Waals surface area contributed by atoms with E-state index >= 15 is 0 Å². The molecule has 3 heterocycles. The molecule has 4 nitrogen and oxygen atoms in total. The molecule has 7 aromatic rings. The molecule has 0 N–H and O–H groups in total. The van der Waals surface area contributed by atoms with Gasteiger partial charge in [0.15, 0.2) is 0 Å². The Kier molecular flexibility index (Phi) is 6.22. The fourth-order valence-electron chi connectivity index (χ4n) is 5.09. The maximum Gasteiger partial charge on any atom is 2.00 e. The number of hydrogen-bond donors (Lipinski definition) is 0. The Bertz CT molecular complexity index is 2000. The van der Waals surface area contributed by atoms with E-state index in [9.17, 15) is 0 Å². The molecule has 4 aromatic carbocycles. The summed E-state index contributed by atoms with van der Waals surface area (Å²) in [4.78, 5) is 9.57. The average molecular weight is 598 g/mol. The topological polar surface area (TPSA) is 39.4 Å². The molecule has 0 aliphatic carbocycles. The van der Waals surface area contributed by atoms with Crippen LogP contribution < -0.4 is 4.74 Å². The van der Waals surface area contributed by atoms with Crippen molar-refractivity contribution in [2.24, 2.45) is 0 Å². The molecule has 0 saturated carbocycles. The number of nitrogens with zero attached hydrogens (tertiary/aromatic N) is 3. The third kappa shape index (κ3) is 4.38. The molecule has 3 aromatic heterocycles. The summed E-state index contributed by atoms with van der Waals surface area (Å²) in [6.07, 6.45) is 1.86. The van der Waals surface area contributed by atoms with Crippen LogP contribution in [0.15, 0.2) is 97.2 Å². The van der Waals surface area contributed by atoms with Crippen LogP contribution in [0.3, 0.4) is 0 Å². The first-order chi connectivity index (χ1) is 18.5. The van der Waals surface area contributed by atoms with Crippen LogP contribution in [-0.2, 0) is 25.8 Å². The molecule has 0 saturated heterocycles. The van der Waals surface area contributed by atoms with E-state index < -0.39 is 0 Å². The van der Waals surface area contributed by atoms with Crippen molar-refractivity contribution in [3.8, 4) is 22.8 Å². The fraction of sp³-hybridized carbons (Fsp3) is 0.118. The van der Waals surface area contributed by atoms with Gasteiger partial charge in [-0.15, -0.1) is 29.8 Å². The van der Waals surface area contributed by atoms with Gasteiger partial charge in [0.1, 0.15) is 0 Å². The summed E-state index contributed by atoms with van der Waals surface area (Å²) < 4.78 is 8.52. The second kappa shape index (κ2) is 9.61. The van der Waals surface area contributed by atoms with Gasteiger partial charge in [-0.3, -0.25) is 4.98 Å². The predicted octanol–water partition coefficient (Wildman–Crippen LogP) is 8.54. The van der Waals surface area contributed by atoms with E-state index in [1.54, 1.807) is 0 Å². The summed E-state index contributed by atoms with van der Waals surface area (Å²) in [7, 11) is 0. The quantitative estimate of drug-likeness (QED) is 0.116. The van der Waals surface area contributed by atoms with E-state index in [4.69, 9.17) is 9.72 Å². The van der Waals surface area contributed by atoms with Crippen LogP contribution in [0.2, 0.25) is 0 Å². The van der Waals surface area contributed by atoms with E-state index in [0.29, 0.717) is 11.5 Å². The smallest absolute Gasteiger partial charge is 0.497 e. The zero-order valence-corrected chi connectivity index (χ0v) is 23.4. The van der Waals surface area contributed by atoms with E-state index in [1.807, 2.05) is 48.7 Å². The molecule has 0 spiro atoms. The summed E-state index contributed by atoms with van der Waals surface area (Å²) >= 11 is 0. The van der Waals surface area contributed by atoms with Gasteiger partial charge in [-0.25, -0.2) is 0 Å². The van der Waals surface area contributed by atoms with Gasteiger partial charge in [0.05, 0.1) is 16.7 Å². The van der Waals surface area contributed by atoms with Gasteiger partial charge >= 0.3 is 20.4 Å². The fourth-order valence-corrected chi connectivity index (χ4v) is 5.09. The van der Waals surface area contributed by atoms with Crippen molar-refractivity contribution in [2.45, 2.75) is 26.2 Å². The molecular weight excluding hydrogens is 573 g/mol. The van der Waals surface area contributed by atoms with Gasteiger partial charge < -0.3 is 14.1 Å². The van der Waals surface area contributed by atoms with Crippen molar-refractivity contribution >= 4 is 38.4 Å². The van der Waals surface area contributed by atoms with Gasteiger partial charge in [-0.05, 0) is 46.3 Å². The largest absolute Gasteiger partial charge is 2.00 e. The number of hydrogen-bond acceptors (Lipinski definition) is 3. The Labute approximate surface area is 241 Å². The van der Waals surface area contributed by atoms with Crippen molar-refractivity contribution in [3.05, 3.63) is 115 Å². The Hall–Kier alpha value is -4.04. The molecule has 0 atom stereocenters. The van der Waals surface area contributed by atoms with Gasteiger partial charge in [0.25, 0.3) is 0 Å². The van der Waals surface area contributed by atoms with Crippen LogP contribution in [0.25, 0.3) is 49.6 Å². The van der Waals surface area contributed by atoms with Crippen LogP contribution in [0.4, 0.5) is 0 Å². The molecule has 0 amide bonds. The minimum Gasteiger partial charge on any atom is -0.497 e. The maximum absolute atomic E-state index is 6.31. The second-order valence-corrected chi connectivity index (χ2v) is 10.6. The Morgan fingerprint density at radius 1 is 0.744 bits per heavy atom. The molecular formula is C34H25N3OPd. The Balaban J connectivity index is 0.00000277. The second-order valence-electron chi connectivity index (χ2n) is 10.6. The van der Waals surface area contributed by atoms with Gasteiger partial charge in [0, 0.05) is 23.2 Å². The summed E-state index contributed by atoms with van der Waals surface area (Å²) in [6, 6.07) is 37.7. The summed E-state index contributed by atoms with van der Waals surface area (Å²) in [6.45, 7) is 6.61. The van der Waals surface area contributed by atoms with Crippen molar-refractivity contribution in [1.82, 2.24) is 14.4 Å². The van der Waals surface area contributed by atoms with Gasteiger partial charge in [-0.2, -0.15) is 0 Å². The number of benzene rings is 4. The predicted molar refractivity (Wildman–Crippen MR) is 154 cm³/mol. The zero-order valence-electron chi connectivity index (χ0n) is 21.8. The number of para-hydroxylation sites is 3. The Morgan fingerprint density at radius 3 is 2.36 bits per heavy atom. The maximum atomic E-state index is 6.31. The van der Waals surface area contributed by atoms with Crippen molar-refractivity contribution < 1.29 is 25.2 Å². The van der Waals surface area contributed by atoms with E-state index in [1.165, 1.54) is 5.56 Å².